The number of aromatic nitrogens is 1. The summed E-state index contributed by atoms with van der Waals surface area (Å²) in [6.07, 6.45) is 0. The summed E-state index contributed by atoms with van der Waals surface area (Å²) in [5.74, 6) is 0.490. The molecule has 0 aliphatic carbocycles. The number of anilines is 1. The van der Waals surface area contributed by atoms with Crippen LogP contribution in [0.4, 0.5) is 5.82 Å². The van der Waals surface area contributed by atoms with Crippen LogP contribution in [0.5, 0.6) is 0 Å². The fourth-order valence-electron chi connectivity index (χ4n) is 2.18. The van der Waals surface area contributed by atoms with E-state index in [1.165, 1.54) is 17.7 Å². The number of halogens is 1. The van der Waals surface area contributed by atoms with Crippen molar-refractivity contribution >= 4 is 23.3 Å². The van der Waals surface area contributed by atoms with Crippen molar-refractivity contribution in [3.63, 3.8) is 0 Å². The molecule has 0 radical (unpaired) electrons. The molecule has 0 fully saturated rings. The fraction of sp³-hybridized carbons (Fsp3) is 0.294. The topological polar surface area (TPSA) is 68.0 Å². The summed E-state index contributed by atoms with van der Waals surface area (Å²) in [6.45, 7) is 6.24. The van der Waals surface area contributed by atoms with Gasteiger partial charge in [0.1, 0.15) is 11.0 Å². The van der Waals surface area contributed by atoms with Crippen LogP contribution in [-0.2, 0) is 0 Å². The third-order valence-corrected chi connectivity index (χ3v) is 3.72. The highest BCUT2D eigenvalue weighted by Gasteiger charge is 2.13. The first-order valence-corrected chi connectivity index (χ1v) is 7.58. The monoisotopic (exact) mass is 317 g/mol. The SMILES string of the molecule is CC(C)c1ccc([C@@H](C)NC(=O)c2cc(N)nc(Cl)c2)cc1. The summed E-state index contributed by atoms with van der Waals surface area (Å²) in [5, 5.41) is 3.14. The second-order valence-corrected chi connectivity index (χ2v) is 6.01. The van der Waals surface area contributed by atoms with Crippen LogP contribution in [0, 0.1) is 0 Å². The first-order valence-electron chi connectivity index (χ1n) is 7.20. The number of amides is 1. The van der Waals surface area contributed by atoms with Crippen molar-refractivity contribution in [3.05, 3.63) is 58.2 Å². The lowest BCUT2D eigenvalue weighted by atomic mass is 9.99. The van der Waals surface area contributed by atoms with E-state index in [1.54, 1.807) is 0 Å². The van der Waals surface area contributed by atoms with Crippen LogP contribution >= 0.6 is 11.6 Å². The Balaban J connectivity index is 2.10. The largest absolute Gasteiger partial charge is 0.384 e. The van der Waals surface area contributed by atoms with Crippen molar-refractivity contribution in [2.45, 2.75) is 32.7 Å². The van der Waals surface area contributed by atoms with Gasteiger partial charge in [-0.25, -0.2) is 4.98 Å². The molecule has 22 heavy (non-hydrogen) atoms. The highest BCUT2D eigenvalue weighted by molar-refractivity contribution is 6.29. The maximum Gasteiger partial charge on any atom is 0.251 e. The third-order valence-electron chi connectivity index (χ3n) is 3.53. The maximum atomic E-state index is 12.3. The van der Waals surface area contributed by atoms with E-state index in [4.69, 9.17) is 17.3 Å². The van der Waals surface area contributed by atoms with Gasteiger partial charge in [0.05, 0.1) is 6.04 Å². The van der Waals surface area contributed by atoms with Gasteiger partial charge in [-0.05, 0) is 36.1 Å². The Labute approximate surface area is 135 Å². The molecule has 4 nitrogen and oxygen atoms in total. The molecule has 0 aliphatic heterocycles. The summed E-state index contributed by atoms with van der Waals surface area (Å²) in [6, 6.07) is 11.1. The van der Waals surface area contributed by atoms with Gasteiger partial charge in [-0.1, -0.05) is 49.7 Å². The number of nitrogens with one attached hydrogen (secondary N) is 1. The van der Waals surface area contributed by atoms with Crippen LogP contribution in [0.1, 0.15) is 54.2 Å². The molecule has 0 spiro atoms. The third kappa shape index (κ3) is 3.98. The van der Waals surface area contributed by atoms with Gasteiger partial charge < -0.3 is 11.1 Å². The Hall–Kier alpha value is -2.07. The summed E-state index contributed by atoms with van der Waals surface area (Å²) < 4.78 is 0. The number of benzene rings is 1. The van der Waals surface area contributed by atoms with Gasteiger partial charge in [0, 0.05) is 5.56 Å². The molecule has 116 valence electrons. The van der Waals surface area contributed by atoms with E-state index in [0.717, 1.165) is 5.56 Å². The van der Waals surface area contributed by atoms with Crippen LogP contribution in [0.2, 0.25) is 5.15 Å². The molecule has 0 aliphatic rings. The molecule has 2 aromatic rings. The number of pyridine rings is 1. The number of nitrogens with zero attached hydrogens (tertiary/aromatic N) is 1. The Morgan fingerprint density at radius 3 is 2.27 bits per heavy atom. The Bertz CT molecular complexity index is 648. The van der Waals surface area contributed by atoms with Crippen molar-refractivity contribution in [2.75, 3.05) is 5.73 Å². The number of carbonyl (C=O) groups is 1. The predicted molar refractivity (Wildman–Crippen MR) is 90.1 cm³/mol. The zero-order valence-electron chi connectivity index (χ0n) is 12.9. The molecule has 5 heteroatoms. The minimum absolute atomic E-state index is 0.109. The minimum Gasteiger partial charge on any atom is -0.384 e. The normalized spacial score (nSPS) is 12.2. The zero-order chi connectivity index (χ0) is 16.3. The molecular formula is C17H20ClN3O. The average Bonchev–Trinajstić information content (AvgIpc) is 2.46. The van der Waals surface area contributed by atoms with Gasteiger partial charge in [-0.3, -0.25) is 4.79 Å². The number of nitrogens with two attached hydrogens (primary N) is 1. The minimum atomic E-state index is -0.226. The fourth-order valence-corrected chi connectivity index (χ4v) is 2.40. The zero-order valence-corrected chi connectivity index (χ0v) is 13.7. The molecular weight excluding hydrogens is 298 g/mol. The molecule has 2 rings (SSSR count). The lowest BCUT2D eigenvalue weighted by molar-refractivity contribution is 0.0940. The second-order valence-electron chi connectivity index (χ2n) is 5.62. The van der Waals surface area contributed by atoms with Crippen LogP contribution in [0.25, 0.3) is 0 Å². The number of hydrogen-bond acceptors (Lipinski definition) is 3. The van der Waals surface area contributed by atoms with Crippen LogP contribution < -0.4 is 11.1 Å². The lowest BCUT2D eigenvalue weighted by Gasteiger charge is -2.16. The highest BCUT2D eigenvalue weighted by atomic mass is 35.5. The van der Waals surface area contributed by atoms with E-state index in [9.17, 15) is 4.79 Å². The van der Waals surface area contributed by atoms with E-state index in [0.29, 0.717) is 11.5 Å². The molecule has 1 aromatic heterocycles. The molecule has 0 saturated carbocycles. The van der Waals surface area contributed by atoms with Crippen molar-refractivity contribution in [1.82, 2.24) is 10.3 Å². The van der Waals surface area contributed by atoms with E-state index >= 15 is 0 Å². The Morgan fingerprint density at radius 1 is 1.14 bits per heavy atom. The van der Waals surface area contributed by atoms with Crippen LogP contribution in [0.15, 0.2) is 36.4 Å². The van der Waals surface area contributed by atoms with Crippen LogP contribution in [0.3, 0.4) is 0 Å². The van der Waals surface area contributed by atoms with Gasteiger partial charge in [0.2, 0.25) is 0 Å². The number of rotatable bonds is 4. The summed E-state index contributed by atoms with van der Waals surface area (Å²) in [4.78, 5) is 16.1. The van der Waals surface area contributed by atoms with Gasteiger partial charge >= 0.3 is 0 Å². The Kier molecular flexibility index (Phi) is 5.03. The number of nitrogen functional groups attached to an aromatic ring is 1. The van der Waals surface area contributed by atoms with Gasteiger partial charge in [0.25, 0.3) is 5.91 Å². The lowest BCUT2D eigenvalue weighted by Crippen LogP contribution is -2.26. The smallest absolute Gasteiger partial charge is 0.251 e. The molecule has 1 amide bonds. The number of carbonyl (C=O) groups excluding carboxylic acids is 1. The van der Waals surface area contributed by atoms with Gasteiger partial charge in [-0.15, -0.1) is 0 Å². The van der Waals surface area contributed by atoms with Crippen molar-refractivity contribution in [1.29, 1.82) is 0 Å². The van der Waals surface area contributed by atoms with Gasteiger partial charge in [0.15, 0.2) is 0 Å². The molecule has 1 heterocycles. The molecule has 1 aromatic carbocycles. The van der Waals surface area contributed by atoms with E-state index in [2.05, 4.69) is 36.3 Å². The summed E-state index contributed by atoms with van der Waals surface area (Å²) in [7, 11) is 0. The van der Waals surface area contributed by atoms with Crippen molar-refractivity contribution < 1.29 is 4.79 Å². The molecule has 0 bridgehead atoms. The quantitative estimate of drug-likeness (QED) is 0.839. The van der Waals surface area contributed by atoms with Crippen molar-refractivity contribution in [3.8, 4) is 0 Å². The predicted octanol–water partition coefficient (Wildman–Crippen LogP) is 3.93. The van der Waals surface area contributed by atoms with E-state index in [1.807, 2.05) is 19.1 Å². The first kappa shape index (κ1) is 16.3. The standard InChI is InChI=1S/C17H20ClN3O/c1-10(2)12-4-6-13(7-5-12)11(3)20-17(22)14-8-15(18)21-16(19)9-14/h4-11H,1-3H3,(H2,19,21)(H,20,22)/t11-/m1/s1. The molecule has 1 atom stereocenters. The first-order chi connectivity index (χ1) is 10.4. The van der Waals surface area contributed by atoms with Crippen molar-refractivity contribution in [2.24, 2.45) is 0 Å². The summed E-state index contributed by atoms with van der Waals surface area (Å²) >= 11 is 5.82. The van der Waals surface area contributed by atoms with Crippen LogP contribution in [-0.4, -0.2) is 10.9 Å². The number of hydrogen-bond donors (Lipinski definition) is 2. The highest BCUT2D eigenvalue weighted by Crippen LogP contribution is 2.19. The van der Waals surface area contributed by atoms with E-state index < -0.39 is 0 Å². The average molecular weight is 318 g/mol. The van der Waals surface area contributed by atoms with Gasteiger partial charge in [-0.2, -0.15) is 0 Å². The Morgan fingerprint density at radius 2 is 1.73 bits per heavy atom. The van der Waals surface area contributed by atoms with E-state index in [-0.39, 0.29) is 22.9 Å². The summed E-state index contributed by atoms with van der Waals surface area (Å²) in [5.41, 5.74) is 8.34. The molecule has 3 N–H and O–H groups in total. The second kappa shape index (κ2) is 6.79. The molecule has 0 unspecified atom stereocenters. The maximum absolute atomic E-state index is 12.3. The molecule has 0 saturated heterocycles.